The molecule has 9 atom stereocenters. The van der Waals surface area contributed by atoms with Crippen molar-refractivity contribution in [3.05, 3.63) is 65.2 Å². The number of aryl methyl sites for hydroxylation is 2. The van der Waals surface area contributed by atoms with Crippen LogP contribution in [0, 0.1) is 25.7 Å². The SMILES string of the molecule is CCOC(=O)C(C)CCOP(N(C(C)C)C(C)C)N(C(C)C)C(C)C.CCOC(=O)C(C)CCOP1(=O)OC[C@@H]2O[C@H](n3cc(C)c(=O)[nH]c3=O)C[C@H]2O1.Cc1cn([C@@H]2C[C@@H](O)[C@H](CO)O2)c(=O)[nH]c1=O. The number of fused-ring (bicyclic) bond motifs is 1. The summed E-state index contributed by atoms with van der Waals surface area (Å²) in [5.74, 6) is -1.03. The lowest BCUT2D eigenvalue weighted by molar-refractivity contribution is -0.148. The van der Waals surface area contributed by atoms with Gasteiger partial charge in [-0.2, -0.15) is 0 Å². The first-order chi connectivity index (χ1) is 33.3. The second kappa shape index (κ2) is 28.9. The van der Waals surface area contributed by atoms with Gasteiger partial charge in [-0.3, -0.25) is 51.9 Å². The first kappa shape index (κ1) is 61.9. The zero-order valence-electron chi connectivity index (χ0n) is 43.9. The number of phosphoric ester groups is 1. The Kier molecular flexibility index (Phi) is 25.1. The van der Waals surface area contributed by atoms with Gasteiger partial charge in [0.05, 0.1) is 57.6 Å². The Hall–Kier alpha value is -3.44. The molecular formula is C46H80N6O17P2. The topological polar surface area (TPSA) is 282 Å². The van der Waals surface area contributed by atoms with Gasteiger partial charge in [-0.15, -0.1) is 0 Å². The lowest BCUT2D eigenvalue weighted by Gasteiger charge is -2.45. The first-order valence-corrected chi connectivity index (χ1v) is 27.1. The molecule has 0 saturated carbocycles. The molecule has 25 heteroatoms. The van der Waals surface area contributed by atoms with E-state index in [4.69, 9.17) is 42.1 Å². The van der Waals surface area contributed by atoms with Crippen LogP contribution in [0.1, 0.15) is 132 Å². The van der Waals surface area contributed by atoms with Crippen molar-refractivity contribution in [3.8, 4) is 0 Å². The molecule has 0 aromatic carbocycles. The van der Waals surface area contributed by atoms with Crippen molar-refractivity contribution in [2.75, 3.05) is 39.6 Å². The molecular weight excluding hydrogens is 970 g/mol. The summed E-state index contributed by atoms with van der Waals surface area (Å²) in [5, 5.41) is 18.5. The molecule has 406 valence electrons. The molecule has 3 aliphatic heterocycles. The molecule has 3 fully saturated rings. The highest BCUT2D eigenvalue weighted by atomic mass is 31.2. The van der Waals surface area contributed by atoms with Crippen LogP contribution in [0.25, 0.3) is 0 Å². The van der Waals surface area contributed by atoms with Crippen molar-refractivity contribution >= 4 is 28.2 Å². The van der Waals surface area contributed by atoms with Crippen LogP contribution in [0.5, 0.6) is 0 Å². The highest BCUT2D eigenvalue weighted by Crippen LogP contribution is 2.57. The Bertz CT molecular complexity index is 2250. The number of rotatable bonds is 21. The zero-order valence-corrected chi connectivity index (χ0v) is 45.6. The molecule has 2 aromatic heterocycles. The molecule has 2 aromatic rings. The molecule has 3 aliphatic rings. The van der Waals surface area contributed by atoms with E-state index in [1.807, 2.05) is 13.8 Å². The number of phosphoric acid groups is 1. The van der Waals surface area contributed by atoms with Gasteiger partial charge < -0.3 is 33.7 Å². The molecule has 0 spiro atoms. The number of carbonyl (C=O) groups excluding carboxylic acids is 2. The summed E-state index contributed by atoms with van der Waals surface area (Å²) in [4.78, 5) is 74.2. The van der Waals surface area contributed by atoms with Crippen molar-refractivity contribution in [2.24, 2.45) is 11.8 Å². The molecule has 23 nitrogen and oxygen atoms in total. The number of nitrogens with one attached hydrogen (secondary N) is 2. The Morgan fingerprint density at radius 3 is 1.62 bits per heavy atom. The monoisotopic (exact) mass is 1050 g/mol. The summed E-state index contributed by atoms with van der Waals surface area (Å²) in [6.45, 7) is 29.0. The number of aliphatic hydroxyl groups excluding tert-OH is 2. The maximum atomic E-state index is 12.7. The van der Waals surface area contributed by atoms with Gasteiger partial charge in [0.1, 0.15) is 30.8 Å². The van der Waals surface area contributed by atoms with Crippen LogP contribution < -0.4 is 22.5 Å². The van der Waals surface area contributed by atoms with E-state index < -0.39 is 81.6 Å². The third-order valence-corrected chi connectivity index (χ3v) is 16.1. The lowest BCUT2D eigenvalue weighted by Crippen LogP contribution is -2.43. The average Bonchev–Trinajstić information content (AvgIpc) is 3.88. The number of H-pyrrole nitrogens is 2. The van der Waals surface area contributed by atoms with E-state index in [-0.39, 0.29) is 57.1 Å². The fraction of sp³-hybridized carbons (Fsp3) is 0.783. The van der Waals surface area contributed by atoms with Gasteiger partial charge in [0.15, 0.2) is 8.45 Å². The van der Waals surface area contributed by atoms with Crippen LogP contribution in [0.4, 0.5) is 0 Å². The van der Waals surface area contributed by atoms with Crippen LogP contribution >= 0.6 is 16.3 Å². The summed E-state index contributed by atoms with van der Waals surface area (Å²) in [6.07, 6.45) is 0.253. The Balaban J connectivity index is 0.000000291. The van der Waals surface area contributed by atoms with Crippen LogP contribution in [-0.2, 0) is 51.2 Å². The molecule has 71 heavy (non-hydrogen) atoms. The van der Waals surface area contributed by atoms with Crippen LogP contribution in [0.15, 0.2) is 31.6 Å². The fourth-order valence-corrected chi connectivity index (χ4v) is 11.7. The summed E-state index contributed by atoms with van der Waals surface area (Å²) in [7, 11) is -4.70. The quantitative estimate of drug-likeness (QED) is 0.0964. The number of aliphatic hydroxyl groups is 2. The second-order valence-electron chi connectivity index (χ2n) is 18.8. The average molecular weight is 1050 g/mol. The number of aromatic amines is 2. The highest BCUT2D eigenvalue weighted by molar-refractivity contribution is 7.48. The number of hydrogen-bond donors (Lipinski definition) is 4. The molecule has 0 amide bonds. The van der Waals surface area contributed by atoms with E-state index in [0.29, 0.717) is 61.3 Å². The third-order valence-electron chi connectivity index (χ3n) is 11.6. The predicted octanol–water partition coefficient (Wildman–Crippen LogP) is 4.80. The normalized spacial score (nSPS) is 24.0. The fourth-order valence-electron chi connectivity index (χ4n) is 7.90. The predicted molar refractivity (Wildman–Crippen MR) is 265 cm³/mol. The van der Waals surface area contributed by atoms with E-state index >= 15 is 0 Å². The molecule has 4 N–H and O–H groups in total. The molecule has 0 radical (unpaired) electrons. The van der Waals surface area contributed by atoms with Gasteiger partial charge in [-0.05, 0) is 95.9 Å². The van der Waals surface area contributed by atoms with Crippen molar-refractivity contribution in [1.82, 2.24) is 28.4 Å². The Morgan fingerprint density at radius 2 is 1.20 bits per heavy atom. The second-order valence-corrected chi connectivity index (χ2v) is 22.1. The molecule has 0 bridgehead atoms. The van der Waals surface area contributed by atoms with Gasteiger partial charge in [0.2, 0.25) is 0 Å². The first-order valence-electron chi connectivity index (χ1n) is 24.4. The van der Waals surface area contributed by atoms with E-state index in [0.717, 1.165) is 0 Å². The molecule has 3 saturated heterocycles. The third kappa shape index (κ3) is 17.9. The van der Waals surface area contributed by atoms with Crippen molar-refractivity contribution < 1.29 is 61.4 Å². The largest absolute Gasteiger partial charge is 0.475 e. The summed E-state index contributed by atoms with van der Waals surface area (Å²) < 4.78 is 63.7. The maximum Gasteiger partial charge on any atom is 0.475 e. The number of ether oxygens (including phenoxy) is 4. The Morgan fingerprint density at radius 1 is 0.746 bits per heavy atom. The van der Waals surface area contributed by atoms with Crippen molar-refractivity contribution in [2.45, 2.75) is 184 Å². The summed E-state index contributed by atoms with van der Waals surface area (Å²) in [5.41, 5.74) is -1.34. The summed E-state index contributed by atoms with van der Waals surface area (Å²) >= 11 is 0. The smallest absolute Gasteiger partial charge is 0.466 e. The van der Waals surface area contributed by atoms with Crippen molar-refractivity contribution in [1.29, 1.82) is 0 Å². The van der Waals surface area contributed by atoms with Gasteiger partial charge in [0, 0.05) is 60.5 Å². The standard InChI is InChI=1S/C19H41N2O3P.C17H25N2O9P.C10H14N2O5/c1-11-23-19(22)18(10)12-13-24-25(20(14(2)3)15(4)5)21(16(6)7)17(8)9;1-4-24-16(21)10(2)5-6-25-29(23)26-9-13-12(28-29)7-14(27-13)19-8-11(3)15(20)18-17(19)22;1-5-3-12(10(16)11-9(5)15)8-2-6(14)7(4-13)17-8/h14-18H,11-13H2,1-10H3;8,10,12-14H,4-7,9H2,1-3H3,(H,18,20,22);3,6-8,13-14H,2,4H2,1H3,(H,11,15,16)/t;10?,12-,13+,14+,29?;6-,7+,8+/m.11/s1. The number of aromatic nitrogens is 4. The van der Waals surface area contributed by atoms with Gasteiger partial charge in [-0.25, -0.2) is 23.5 Å². The van der Waals surface area contributed by atoms with E-state index in [2.05, 4.69) is 74.7 Å². The number of esters is 2. The van der Waals surface area contributed by atoms with E-state index in [9.17, 15) is 38.4 Å². The zero-order chi connectivity index (χ0) is 53.5. The maximum absolute atomic E-state index is 12.7. The van der Waals surface area contributed by atoms with Gasteiger partial charge in [0.25, 0.3) is 11.1 Å². The number of carbonyl (C=O) groups is 2. The molecule has 0 aliphatic carbocycles. The number of hydrogen-bond acceptors (Lipinski definition) is 19. The van der Waals surface area contributed by atoms with E-state index in [1.54, 1.807) is 27.7 Å². The highest BCUT2D eigenvalue weighted by Gasteiger charge is 2.48. The number of nitrogens with zero attached hydrogens (tertiary/aromatic N) is 4. The minimum Gasteiger partial charge on any atom is -0.466 e. The lowest BCUT2D eigenvalue weighted by atomic mass is 10.1. The Labute approximate surface area is 417 Å². The molecule has 5 rings (SSSR count). The van der Waals surface area contributed by atoms with Crippen molar-refractivity contribution in [3.63, 3.8) is 0 Å². The minimum atomic E-state index is -3.81. The minimum absolute atomic E-state index is 0.00247. The molecule has 5 heterocycles. The van der Waals surface area contributed by atoms with Gasteiger partial charge in [-0.1, -0.05) is 13.8 Å². The van der Waals surface area contributed by atoms with Crippen LogP contribution in [-0.4, -0.2) is 139 Å². The van der Waals surface area contributed by atoms with Crippen LogP contribution in [0.3, 0.4) is 0 Å². The molecule has 3 unspecified atom stereocenters. The summed E-state index contributed by atoms with van der Waals surface area (Å²) in [6, 6.07) is 1.59. The van der Waals surface area contributed by atoms with Gasteiger partial charge >= 0.3 is 31.1 Å². The van der Waals surface area contributed by atoms with E-state index in [1.165, 1.54) is 21.5 Å². The van der Waals surface area contributed by atoms with Crippen LogP contribution in [0.2, 0.25) is 0 Å².